The molecule has 1 aromatic rings. The fourth-order valence-electron chi connectivity index (χ4n) is 1.69. The first-order chi connectivity index (χ1) is 9.47. The van der Waals surface area contributed by atoms with Crippen LogP contribution in [0.4, 0.5) is 0 Å². The van der Waals surface area contributed by atoms with Gasteiger partial charge in [0.2, 0.25) is 10.0 Å². The van der Waals surface area contributed by atoms with Gasteiger partial charge in [-0.15, -0.1) is 0 Å². The van der Waals surface area contributed by atoms with Crippen molar-refractivity contribution in [2.45, 2.75) is 30.6 Å². The number of unbranched alkanes of at least 4 members (excludes halogenated alkanes) is 3. The third-order valence-corrected chi connectivity index (χ3v) is 6.40. The molecule has 114 valence electrons. The van der Waals surface area contributed by atoms with Gasteiger partial charge in [-0.2, -0.15) is 11.8 Å². The van der Waals surface area contributed by atoms with E-state index in [0.29, 0.717) is 11.0 Å². The Morgan fingerprint density at radius 3 is 2.55 bits per heavy atom. The molecular formula is C13H19Br2NO2S2. The Morgan fingerprint density at radius 1 is 1.15 bits per heavy atom. The fourth-order valence-corrected chi connectivity index (χ4v) is 4.76. The van der Waals surface area contributed by atoms with E-state index in [9.17, 15) is 8.42 Å². The zero-order valence-corrected chi connectivity index (χ0v) is 16.2. The molecule has 1 N–H and O–H groups in total. The van der Waals surface area contributed by atoms with Crippen molar-refractivity contribution in [2.24, 2.45) is 0 Å². The van der Waals surface area contributed by atoms with E-state index in [1.54, 1.807) is 18.2 Å². The smallest absolute Gasteiger partial charge is 0.211 e. The predicted molar refractivity (Wildman–Crippen MR) is 93.9 cm³/mol. The molecule has 0 amide bonds. The SMILES string of the molecule is CSCCCCCCNS(=O)(=O)c1cc(Br)ccc1Br. The second-order valence-electron chi connectivity index (χ2n) is 4.38. The van der Waals surface area contributed by atoms with Crippen molar-refractivity contribution in [3.8, 4) is 0 Å². The Kier molecular flexibility index (Phi) is 8.74. The molecule has 7 heteroatoms. The Bertz CT molecular complexity index is 521. The summed E-state index contributed by atoms with van der Waals surface area (Å²) in [5, 5.41) is 0. The molecule has 0 saturated carbocycles. The van der Waals surface area contributed by atoms with Crippen molar-refractivity contribution in [1.29, 1.82) is 0 Å². The Morgan fingerprint density at radius 2 is 1.85 bits per heavy atom. The lowest BCUT2D eigenvalue weighted by Crippen LogP contribution is -2.25. The van der Waals surface area contributed by atoms with Crippen LogP contribution in [-0.4, -0.2) is 27.0 Å². The topological polar surface area (TPSA) is 46.2 Å². The van der Waals surface area contributed by atoms with E-state index < -0.39 is 10.0 Å². The quantitative estimate of drug-likeness (QED) is 0.573. The van der Waals surface area contributed by atoms with Crippen molar-refractivity contribution in [2.75, 3.05) is 18.6 Å². The summed E-state index contributed by atoms with van der Waals surface area (Å²) in [5.41, 5.74) is 0. The summed E-state index contributed by atoms with van der Waals surface area (Å²) in [4.78, 5) is 0.272. The number of sulfonamides is 1. The number of rotatable bonds is 9. The van der Waals surface area contributed by atoms with Gasteiger partial charge in [0.1, 0.15) is 0 Å². The van der Waals surface area contributed by atoms with E-state index in [4.69, 9.17) is 0 Å². The van der Waals surface area contributed by atoms with Gasteiger partial charge in [-0.25, -0.2) is 13.1 Å². The van der Waals surface area contributed by atoms with Gasteiger partial charge in [0.15, 0.2) is 0 Å². The first-order valence-electron chi connectivity index (χ1n) is 6.41. The number of thioether (sulfide) groups is 1. The van der Waals surface area contributed by atoms with Gasteiger partial charge >= 0.3 is 0 Å². The summed E-state index contributed by atoms with van der Waals surface area (Å²) in [5.74, 6) is 1.18. The molecule has 0 aliphatic carbocycles. The van der Waals surface area contributed by atoms with Gasteiger partial charge in [-0.3, -0.25) is 0 Å². The van der Waals surface area contributed by atoms with Crippen molar-refractivity contribution < 1.29 is 8.42 Å². The average Bonchev–Trinajstić information content (AvgIpc) is 2.40. The van der Waals surface area contributed by atoms with Crippen LogP contribution in [0.2, 0.25) is 0 Å². The van der Waals surface area contributed by atoms with Crippen molar-refractivity contribution >= 4 is 53.6 Å². The van der Waals surface area contributed by atoms with Crippen LogP contribution < -0.4 is 4.72 Å². The Hall–Kier alpha value is 0.440. The molecule has 1 aromatic carbocycles. The summed E-state index contributed by atoms with van der Waals surface area (Å²) in [6.07, 6.45) is 6.39. The molecule has 3 nitrogen and oxygen atoms in total. The van der Waals surface area contributed by atoms with Crippen LogP contribution in [0, 0.1) is 0 Å². The molecule has 0 heterocycles. The summed E-state index contributed by atoms with van der Waals surface area (Å²) >= 11 is 8.41. The zero-order valence-electron chi connectivity index (χ0n) is 11.4. The molecule has 0 atom stereocenters. The second kappa shape index (κ2) is 9.46. The van der Waals surface area contributed by atoms with Crippen molar-refractivity contribution in [3.05, 3.63) is 27.1 Å². The highest BCUT2D eigenvalue weighted by molar-refractivity contribution is 9.11. The lowest BCUT2D eigenvalue weighted by molar-refractivity contribution is 0.573. The van der Waals surface area contributed by atoms with Gasteiger partial charge in [-0.1, -0.05) is 28.8 Å². The highest BCUT2D eigenvalue weighted by Crippen LogP contribution is 2.25. The molecular weight excluding hydrogens is 426 g/mol. The Balaban J connectivity index is 2.44. The number of nitrogens with one attached hydrogen (secondary N) is 1. The third-order valence-electron chi connectivity index (χ3n) is 2.75. The first kappa shape index (κ1) is 18.5. The van der Waals surface area contributed by atoms with E-state index in [0.717, 1.165) is 23.7 Å². The second-order valence-corrected chi connectivity index (χ2v) is 8.87. The predicted octanol–water partition coefficient (Wildman–Crippen LogP) is 4.41. The first-order valence-corrected chi connectivity index (χ1v) is 10.9. The Labute approximate surface area is 142 Å². The summed E-state index contributed by atoms with van der Waals surface area (Å²) in [7, 11) is -3.44. The molecule has 0 spiro atoms. The number of benzene rings is 1. The minimum Gasteiger partial charge on any atom is -0.211 e. The van der Waals surface area contributed by atoms with Crippen LogP contribution in [0.25, 0.3) is 0 Å². The van der Waals surface area contributed by atoms with Gasteiger partial charge in [-0.05, 0) is 59.0 Å². The standard InChI is InChI=1S/C13H19Br2NO2S2/c1-19-9-5-3-2-4-8-16-20(17,18)13-10-11(14)6-7-12(13)15/h6-7,10,16H,2-5,8-9H2,1H3. The maximum Gasteiger partial charge on any atom is 0.241 e. The monoisotopic (exact) mass is 443 g/mol. The third kappa shape index (κ3) is 6.47. The van der Waals surface area contributed by atoms with Gasteiger partial charge in [0.05, 0.1) is 4.90 Å². The maximum atomic E-state index is 12.2. The van der Waals surface area contributed by atoms with Crippen LogP contribution in [0.15, 0.2) is 32.0 Å². The highest BCUT2D eigenvalue weighted by Gasteiger charge is 2.17. The molecule has 20 heavy (non-hydrogen) atoms. The molecule has 0 aliphatic heterocycles. The largest absolute Gasteiger partial charge is 0.241 e. The molecule has 0 aliphatic rings. The van der Waals surface area contributed by atoms with Crippen molar-refractivity contribution in [1.82, 2.24) is 4.72 Å². The summed E-state index contributed by atoms with van der Waals surface area (Å²) in [6, 6.07) is 5.13. The van der Waals surface area contributed by atoms with E-state index >= 15 is 0 Å². The molecule has 0 bridgehead atoms. The molecule has 1 rings (SSSR count). The fraction of sp³-hybridized carbons (Fsp3) is 0.538. The zero-order chi connectivity index (χ0) is 15.0. The summed E-state index contributed by atoms with van der Waals surface area (Å²) in [6.45, 7) is 0.487. The van der Waals surface area contributed by atoms with Crippen molar-refractivity contribution in [3.63, 3.8) is 0 Å². The molecule has 0 fully saturated rings. The van der Waals surface area contributed by atoms with Crippen LogP contribution in [0.1, 0.15) is 25.7 Å². The molecule has 0 unspecified atom stereocenters. The van der Waals surface area contributed by atoms with Crippen LogP contribution >= 0.6 is 43.6 Å². The van der Waals surface area contributed by atoms with Gasteiger partial charge in [0, 0.05) is 15.5 Å². The lowest BCUT2D eigenvalue weighted by Gasteiger charge is -2.09. The van der Waals surface area contributed by atoms with Crippen LogP contribution in [0.3, 0.4) is 0 Å². The number of hydrogen-bond acceptors (Lipinski definition) is 3. The van der Waals surface area contributed by atoms with Gasteiger partial charge < -0.3 is 0 Å². The molecule has 0 saturated heterocycles. The average molecular weight is 445 g/mol. The normalized spacial score (nSPS) is 11.8. The number of halogens is 2. The van der Waals surface area contributed by atoms with E-state index in [1.165, 1.54) is 12.2 Å². The van der Waals surface area contributed by atoms with Crippen LogP contribution in [0.5, 0.6) is 0 Å². The minimum absolute atomic E-state index is 0.272. The lowest BCUT2D eigenvalue weighted by atomic mass is 10.2. The molecule has 0 aromatic heterocycles. The van der Waals surface area contributed by atoms with Gasteiger partial charge in [0.25, 0.3) is 0 Å². The highest BCUT2D eigenvalue weighted by atomic mass is 79.9. The minimum atomic E-state index is -3.44. The summed E-state index contributed by atoms with van der Waals surface area (Å²) < 4.78 is 28.3. The van der Waals surface area contributed by atoms with Crippen LogP contribution in [-0.2, 0) is 10.0 Å². The maximum absolute atomic E-state index is 12.2. The van der Waals surface area contributed by atoms with E-state index in [1.807, 2.05) is 11.8 Å². The van der Waals surface area contributed by atoms with E-state index in [2.05, 4.69) is 42.8 Å². The number of hydrogen-bond donors (Lipinski definition) is 1. The van der Waals surface area contributed by atoms with E-state index in [-0.39, 0.29) is 4.90 Å². The molecule has 0 radical (unpaired) electrons.